The Labute approximate surface area is 199 Å². The van der Waals surface area contributed by atoms with Gasteiger partial charge in [0.05, 0.1) is 31.1 Å². The average molecular weight is 492 g/mol. The van der Waals surface area contributed by atoms with Crippen molar-refractivity contribution >= 4 is 29.1 Å². The van der Waals surface area contributed by atoms with E-state index in [9.17, 15) is 9.59 Å². The molecule has 0 radical (unpaired) electrons. The fourth-order valence-electron chi connectivity index (χ4n) is 2.79. The molecule has 0 N–H and O–H groups in total. The molecule has 0 bridgehead atoms. The lowest BCUT2D eigenvalue weighted by molar-refractivity contribution is 0.0727. The summed E-state index contributed by atoms with van der Waals surface area (Å²) in [5.41, 5.74) is 0.644. The molecule has 8 nitrogen and oxygen atoms in total. The highest BCUT2D eigenvalue weighted by atomic mass is 32.2. The molecule has 0 amide bonds. The first-order valence-corrected chi connectivity index (χ1v) is 12.3. The lowest BCUT2D eigenvalue weighted by Gasteiger charge is -2.16. The predicted octanol–water partition coefficient (Wildman–Crippen LogP) is 5.11. The molecule has 176 valence electrons. The van der Waals surface area contributed by atoms with Gasteiger partial charge in [-0.15, -0.1) is 11.3 Å². The Morgan fingerprint density at radius 1 is 1.03 bits per heavy atom. The Balaban J connectivity index is 1.77. The summed E-state index contributed by atoms with van der Waals surface area (Å²) < 4.78 is 28.6. The lowest BCUT2D eigenvalue weighted by atomic mass is 10.2. The lowest BCUT2D eigenvalue weighted by Crippen LogP contribution is -2.15. The number of thioether (sulfide) groups is 1. The number of hydrogen-bond donors (Lipinski definition) is 0. The first-order valence-electron chi connectivity index (χ1n) is 10.4. The highest BCUT2D eigenvalue weighted by Gasteiger charge is 2.20. The van der Waals surface area contributed by atoms with Gasteiger partial charge in [0.15, 0.2) is 15.8 Å². The Morgan fingerprint density at radius 2 is 1.70 bits per heavy atom. The maximum absolute atomic E-state index is 12.8. The number of ether oxygens (including phenoxy) is 4. The van der Waals surface area contributed by atoms with E-state index in [2.05, 4.69) is 4.98 Å². The summed E-state index contributed by atoms with van der Waals surface area (Å²) in [5.74, 6) is 1.06. The highest BCUT2D eigenvalue weighted by Crippen LogP contribution is 2.39. The second kappa shape index (κ2) is 11.8. The quantitative estimate of drug-likeness (QED) is 0.268. The zero-order chi connectivity index (χ0) is 23.8. The van der Waals surface area contributed by atoms with E-state index in [1.54, 1.807) is 0 Å². The number of aromatic nitrogens is 1. The zero-order valence-electron chi connectivity index (χ0n) is 18.8. The van der Waals surface area contributed by atoms with Gasteiger partial charge in [-0.3, -0.25) is 4.79 Å². The number of esters is 1. The van der Waals surface area contributed by atoms with Crippen LogP contribution in [0.25, 0.3) is 0 Å². The summed E-state index contributed by atoms with van der Waals surface area (Å²) in [6, 6.07) is 4.31. The molecular formula is C23H25NO7S2. The Morgan fingerprint density at radius 3 is 2.24 bits per heavy atom. The second-order valence-electron chi connectivity index (χ2n) is 6.61. The third-order valence-electron chi connectivity index (χ3n) is 4.14. The molecular weight excluding hydrogens is 466 g/mol. The van der Waals surface area contributed by atoms with Crippen LogP contribution in [0.3, 0.4) is 0 Å². The summed E-state index contributed by atoms with van der Waals surface area (Å²) in [6.07, 6.45) is 1.14. The number of thiazole rings is 1. The summed E-state index contributed by atoms with van der Waals surface area (Å²) in [4.78, 5) is 29.6. The first kappa shape index (κ1) is 24.7. The van der Waals surface area contributed by atoms with Gasteiger partial charge < -0.3 is 23.4 Å². The third-order valence-corrected chi connectivity index (χ3v) is 6.30. The summed E-state index contributed by atoms with van der Waals surface area (Å²) >= 11 is 2.99. The molecule has 0 unspecified atom stereocenters. The molecule has 0 aliphatic rings. The smallest absolute Gasteiger partial charge is 0.344 e. The normalized spacial score (nSPS) is 10.7. The minimum atomic E-state index is -0.743. The molecule has 2 heterocycles. The van der Waals surface area contributed by atoms with E-state index in [-0.39, 0.29) is 11.3 Å². The van der Waals surface area contributed by atoms with Crippen molar-refractivity contribution in [1.82, 2.24) is 4.98 Å². The Hall–Kier alpha value is -2.98. The summed E-state index contributed by atoms with van der Waals surface area (Å²) in [7, 11) is 0. The van der Waals surface area contributed by atoms with Crippen LogP contribution in [0.4, 0.5) is 0 Å². The number of carbonyl (C=O) groups excluding carboxylic acids is 1. The van der Waals surface area contributed by atoms with Crippen LogP contribution in [0.1, 0.15) is 42.6 Å². The van der Waals surface area contributed by atoms with Crippen molar-refractivity contribution in [3.63, 3.8) is 0 Å². The van der Waals surface area contributed by atoms with Gasteiger partial charge >= 0.3 is 5.97 Å². The van der Waals surface area contributed by atoms with Gasteiger partial charge in [0.1, 0.15) is 12.0 Å². The van der Waals surface area contributed by atoms with Crippen LogP contribution < -0.4 is 24.4 Å². The maximum Gasteiger partial charge on any atom is 0.344 e. The van der Waals surface area contributed by atoms with Crippen LogP contribution in [0, 0.1) is 6.92 Å². The van der Waals surface area contributed by atoms with Gasteiger partial charge in [0.2, 0.25) is 16.9 Å². The third kappa shape index (κ3) is 6.52. The van der Waals surface area contributed by atoms with Gasteiger partial charge in [-0.2, -0.15) is 0 Å². The second-order valence-corrected chi connectivity index (χ2v) is 8.69. The predicted molar refractivity (Wildman–Crippen MR) is 126 cm³/mol. The van der Waals surface area contributed by atoms with Gasteiger partial charge in [-0.25, -0.2) is 9.78 Å². The highest BCUT2D eigenvalue weighted by molar-refractivity contribution is 8.00. The van der Waals surface area contributed by atoms with E-state index >= 15 is 0 Å². The monoisotopic (exact) mass is 491 g/mol. The van der Waals surface area contributed by atoms with E-state index in [0.717, 1.165) is 16.3 Å². The first-order chi connectivity index (χ1) is 15.9. The molecule has 3 rings (SSSR count). The number of benzene rings is 1. The molecule has 2 aromatic heterocycles. The molecule has 0 aliphatic heterocycles. The van der Waals surface area contributed by atoms with Crippen LogP contribution in [-0.2, 0) is 5.75 Å². The Bertz CT molecular complexity index is 1130. The van der Waals surface area contributed by atoms with Crippen molar-refractivity contribution in [3.8, 4) is 23.0 Å². The van der Waals surface area contributed by atoms with Crippen LogP contribution in [0.15, 0.2) is 43.4 Å². The SMILES string of the molecule is CCOc1cc(C(=O)Oc2coc(CSc3nc(C)cs3)cc2=O)cc(OCC)c1OCC. The van der Waals surface area contributed by atoms with E-state index < -0.39 is 11.4 Å². The molecule has 0 saturated heterocycles. The molecule has 0 spiro atoms. The van der Waals surface area contributed by atoms with E-state index in [4.69, 9.17) is 23.4 Å². The minimum absolute atomic E-state index is 0.156. The van der Waals surface area contributed by atoms with Crippen LogP contribution in [0.5, 0.6) is 23.0 Å². The molecule has 1 aromatic carbocycles. The molecule has 3 aromatic rings. The molecule has 0 atom stereocenters. The molecule has 0 aliphatic carbocycles. The van der Waals surface area contributed by atoms with Crippen LogP contribution >= 0.6 is 23.1 Å². The van der Waals surface area contributed by atoms with Gasteiger partial charge in [-0.1, -0.05) is 11.8 Å². The van der Waals surface area contributed by atoms with Crippen LogP contribution in [0.2, 0.25) is 0 Å². The number of hydrogen-bond acceptors (Lipinski definition) is 10. The van der Waals surface area contributed by atoms with Gasteiger partial charge in [-0.05, 0) is 39.8 Å². The number of carbonyl (C=O) groups is 1. The van der Waals surface area contributed by atoms with E-state index in [0.29, 0.717) is 48.6 Å². The largest absolute Gasteiger partial charge is 0.490 e. The molecule has 0 fully saturated rings. The summed E-state index contributed by atoms with van der Waals surface area (Å²) in [6.45, 7) is 8.54. The van der Waals surface area contributed by atoms with Crippen molar-refractivity contribution < 1.29 is 28.2 Å². The van der Waals surface area contributed by atoms with Gasteiger partial charge in [0, 0.05) is 17.1 Å². The minimum Gasteiger partial charge on any atom is -0.490 e. The maximum atomic E-state index is 12.8. The van der Waals surface area contributed by atoms with Crippen molar-refractivity contribution in [3.05, 3.63) is 57.1 Å². The van der Waals surface area contributed by atoms with E-state index in [1.807, 2.05) is 33.1 Å². The standard InChI is InChI=1S/C23H25NO7S2/c1-5-27-18-8-15(9-19(28-6-2)21(18)29-7-3)22(26)31-20-11-30-16(10-17(20)25)13-33-23-24-14(4)12-32-23/h8-12H,5-7,13H2,1-4H3. The van der Waals surface area contributed by atoms with Crippen LogP contribution in [-0.4, -0.2) is 30.8 Å². The molecule has 10 heteroatoms. The topological polar surface area (TPSA) is 97.1 Å². The number of nitrogens with zero attached hydrogens (tertiary/aromatic N) is 1. The van der Waals surface area contributed by atoms with Gasteiger partial charge in [0.25, 0.3) is 0 Å². The fraction of sp³-hybridized carbons (Fsp3) is 0.348. The molecule has 0 saturated carbocycles. The fourth-order valence-corrected chi connectivity index (χ4v) is 4.53. The number of aryl methyl sites for hydroxylation is 1. The van der Waals surface area contributed by atoms with Crippen molar-refractivity contribution in [2.24, 2.45) is 0 Å². The molecule has 33 heavy (non-hydrogen) atoms. The summed E-state index contributed by atoms with van der Waals surface area (Å²) in [5, 5.41) is 1.95. The van der Waals surface area contributed by atoms with Crippen molar-refractivity contribution in [1.29, 1.82) is 0 Å². The van der Waals surface area contributed by atoms with Crippen molar-refractivity contribution in [2.45, 2.75) is 37.8 Å². The number of rotatable bonds is 11. The Kier molecular flexibility index (Phi) is 8.79. The van der Waals surface area contributed by atoms with Crippen molar-refractivity contribution in [2.75, 3.05) is 19.8 Å². The zero-order valence-corrected chi connectivity index (χ0v) is 20.5. The average Bonchev–Trinajstić information content (AvgIpc) is 3.21. The van der Waals surface area contributed by atoms with E-state index in [1.165, 1.54) is 41.3 Å².